The fourth-order valence-electron chi connectivity index (χ4n) is 1.94. The molecule has 0 aliphatic heterocycles. The molecule has 0 amide bonds. The van der Waals surface area contributed by atoms with Crippen LogP contribution < -0.4 is 10.5 Å². The molecule has 2 aromatic carbocycles. The van der Waals surface area contributed by atoms with Gasteiger partial charge in [0.25, 0.3) is 0 Å². The molecule has 102 valence electrons. The molecular formula is C16H15FN2O. The lowest BCUT2D eigenvalue weighted by Crippen LogP contribution is -2.09. The van der Waals surface area contributed by atoms with Gasteiger partial charge in [0.15, 0.2) is 0 Å². The fourth-order valence-corrected chi connectivity index (χ4v) is 1.94. The lowest BCUT2D eigenvalue weighted by atomic mass is 10.1. The summed E-state index contributed by atoms with van der Waals surface area (Å²) in [6.45, 7) is 1.71. The zero-order chi connectivity index (χ0) is 14.5. The minimum atomic E-state index is -0.455. The lowest BCUT2D eigenvalue weighted by molar-refractivity contribution is 0.460. The summed E-state index contributed by atoms with van der Waals surface area (Å²) in [5, 5.41) is 8.62. The summed E-state index contributed by atoms with van der Waals surface area (Å²) in [5.41, 5.74) is 7.04. The molecule has 0 aliphatic rings. The molecule has 0 saturated heterocycles. The number of halogens is 1. The van der Waals surface area contributed by atoms with Crippen molar-refractivity contribution in [1.82, 2.24) is 0 Å². The van der Waals surface area contributed by atoms with Crippen LogP contribution in [-0.4, -0.2) is 0 Å². The Bertz CT molecular complexity index is 630. The maximum atomic E-state index is 13.8. The van der Waals surface area contributed by atoms with Crippen LogP contribution in [0, 0.1) is 17.1 Å². The van der Waals surface area contributed by atoms with E-state index in [4.69, 9.17) is 15.7 Å². The molecule has 2 rings (SSSR count). The van der Waals surface area contributed by atoms with Gasteiger partial charge >= 0.3 is 0 Å². The van der Waals surface area contributed by atoms with Gasteiger partial charge in [0.05, 0.1) is 12.5 Å². The number of nitriles is 1. The molecule has 2 aromatic rings. The fraction of sp³-hybridized carbons (Fsp3) is 0.188. The normalized spacial score (nSPS) is 11.7. The van der Waals surface area contributed by atoms with E-state index in [1.54, 1.807) is 31.2 Å². The highest BCUT2D eigenvalue weighted by atomic mass is 19.1. The standard InChI is InChI=1S/C16H15FN2O/c1-11(19)16-14(17)3-2-4-15(16)20-13-7-5-12(6-8-13)9-10-18/h2-8,11H,9,19H2,1H3. The van der Waals surface area contributed by atoms with Gasteiger partial charge in [0.1, 0.15) is 17.3 Å². The van der Waals surface area contributed by atoms with Crippen LogP contribution in [0.4, 0.5) is 4.39 Å². The Balaban J connectivity index is 2.26. The summed E-state index contributed by atoms with van der Waals surface area (Å²) in [4.78, 5) is 0. The van der Waals surface area contributed by atoms with Gasteiger partial charge in [0, 0.05) is 11.6 Å². The molecule has 0 fully saturated rings. The van der Waals surface area contributed by atoms with Crippen LogP contribution in [0.3, 0.4) is 0 Å². The molecule has 3 nitrogen and oxygen atoms in total. The maximum absolute atomic E-state index is 13.8. The van der Waals surface area contributed by atoms with E-state index in [0.717, 1.165) is 5.56 Å². The van der Waals surface area contributed by atoms with Crippen molar-refractivity contribution in [1.29, 1.82) is 5.26 Å². The number of benzene rings is 2. The van der Waals surface area contributed by atoms with Gasteiger partial charge < -0.3 is 10.5 Å². The molecule has 0 saturated carbocycles. The zero-order valence-corrected chi connectivity index (χ0v) is 11.1. The largest absolute Gasteiger partial charge is 0.457 e. The Hall–Kier alpha value is -2.38. The minimum absolute atomic E-state index is 0.353. The third-order valence-corrected chi connectivity index (χ3v) is 2.90. The predicted molar refractivity (Wildman–Crippen MR) is 74.8 cm³/mol. The van der Waals surface area contributed by atoms with Crippen molar-refractivity contribution in [2.75, 3.05) is 0 Å². The smallest absolute Gasteiger partial charge is 0.135 e. The average Bonchev–Trinajstić information content (AvgIpc) is 2.41. The first-order valence-corrected chi connectivity index (χ1v) is 6.29. The van der Waals surface area contributed by atoms with E-state index in [1.165, 1.54) is 6.07 Å². The van der Waals surface area contributed by atoms with Crippen LogP contribution in [-0.2, 0) is 6.42 Å². The predicted octanol–water partition coefficient (Wildman–Crippen LogP) is 3.70. The number of hydrogen-bond acceptors (Lipinski definition) is 3. The second-order valence-corrected chi connectivity index (χ2v) is 4.52. The van der Waals surface area contributed by atoms with Crippen LogP contribution in [0.5, 0.6) is 11.5 Å². The molecule has 1 unspecified atom stereocenters. The Morgan fingerprint density at radius 3 is 2.55 bits per heavy atom. The quantitative estimate of drug-likeness (QED) is 0.921. The van der Waals surface area contributed by atoms with Gasteiger partial charge in [-0.25, -0.2) is 4.39 Å². The zero-order valence-electron chi connectivity index (χ0n) is 11.1. The summed E-state index contributed by atoms with van der Waals surface area (Å²) in [6, 6.07) is 13.4. The Morgan fingerprint density at radius 2 is 1.95 bits per heavy atom. The van der Waals surface area contributed by atoms with Crippen molar-refractivity contribution in [2.45, 2.75) is 19.4 Å². The second-order valence-electron chi connectivity index (χ2n) is 4.52. The van der Waals surface area contributed by atoms with Crippen molar-refractivity contribution in [3.05, 3.63) is 59.4 Å². The number of rotatable bonds is 4. The molecule has 1 atom stereocenters. The van der Waals surface area contributed by atoms with Crippen LogP contribution in [0.15, 0.2) is 42.5 Å². The van der Waals surface area contributed by atoms with E-state index in [1.807, 2.05) is 12.1 Å². The van der Waals surface area contributed by atoms with E-state index in [2.05, 4.69) is 6.07 Å². The second kappa shape index (κ2) is 6.18. The Morgan fingerprint density at radius 1 is 1.25 bits per heavy atom. The van der Waals surface area contributed by atoms with E-state index in [-0.39, 0.29) is 5.82 Å². The van der Waals surface area contributed by atoms with Crippen LogP contribution in [0.2, 0.25) is 0 Å². The van der Waals surface area contributed by atoms with E-state index in [9.17, 15) is 4.39 Å². The molecule has 0 aliphatic carbocycles. The number of nitrogens with zero attached hydrogens (tertiary/aromatic N) is 1. The van der Waals surface area contributed by atoms with Gasteiger partial charge in [-0.3, -0.25) is 0 Å². The number of ether oxygens (including phenoxy) is 1. The van der Waals surface area contributed by atoms with Gasteiger partial charge in [-0.1, -0.05) is 18.2 Å². The van der Waals surface area contributed by atoms with Crippen molar-refractivity contribution in [3.8, 4) is 17.6 Å². The summed E-state index contributed by atoms with van der Waals surface area (Å²) >= 11 is 0. The molecule has 0 aromatic heterocycles. The first kappa shape index (κ1) is 14.0. The van der Waals surface area contributed by atoms with Crippen LogP contribution in [0.25, 0.3) is 0 Å². The van der Waals surface area contributed by atoms with Crippen LogP contribution >= 0.6 is 0 Å². The monoisotopic (exact) mass is 270 g/mol. The van der Waals surface area contributed by atoms with Crippen LogP contribution in [0.1, 0.15) is 24.1 Å². The molecule has 4 heteroatoms. The molecule has 0 radical (unpaired) electrons. The minimum Gasteiger partial charge on any atom is -0.457 e. The third-order valence-electron chi connectivity index (χ3n) is 2.90. The average molecular weight is 270 g/mol. The summed E-state index contributed by atoms with van der Waals surface area (Å²) in [5.74, 6) is 0.617. The molecule has 0 bridgehead atoms. The van der Waals surface area contributed by atoms with Crippen molar-refractivity contribution < 1.29 is 9.13 Å². The van der Waals surface area contributed by atoms with E-state index in [0.29, 0.717) is 23.5 Å². The van der Waals surface area contributed by atoms with E-state index < -0.39 is 6.04 Å². The summed E-state index contributed by atoms with van der Waals surface area (Å²) in [6.07, 6.45) is 0.353. The summed E-state index contributed by atoms with van der Waals surface area (Å²) in [7, 11) is 0. The Labute approximate surface area is 117 Å². The molecule has 0 spiro atoms. The highest BCUT2D eigenvalue weighted by Crippen LogP contribution is 2.30. The van der Waals surface area contributed by atoms with Crippen molar-refractivity contribution in [2.24, 2.45) is 5.73 Å². The number of hydrogen-bond donors (Lipinski definition) is 1. The van der Waals surface area contributed by atoms with Gasteiger partial charge in [0.2, 0.25) is 0 Å². The third kappa shape index (κ3) is 3.14. The summed E-state index contributed by atoms with van der Waals surface area (Å²) < 4.78 is 19.5. The first-order chi connectivity index (χ1) is 9.61. The molecule has 0 heterocycles. The molecule has 2 N–H and O–H groups in total. The van der Waals surface area contributed by atoms with Gasteiger partial charge in [-0.05, 0) is 36.8 Å². The van der Waals surface area contributed by atoms with Crippen molar-refractivity contribution in [3.63, 3.8) is 0 Å². The molecule has 20 heavy (non-hydrogen) atoms. The Kier molecular flexibility index (Phi) is 4.34. The lowest BCUT2D eigenvalue weighted by Gasteiger charge is -2.14. The first-order valence-electron chi connectivity index (χ1n) is 6.29. The SMILES string of the molecule is CC(N)c1c(F)cccc1Oc1ccc(CC#N)cc1. The van der Waals surface area contributed by atoms with Gasteiger partial charge in [-0.15, -0.1) is 0 Å². The van der Waals surface area contributed by atoms with E-state index >= 15 is 0 Å². The molecular weight excluding hydrogens is 255 g/mol. The van der Waals surface area contributed by atoms with Gasteiger partial charge in [-0.2, -0.15) is 5.26 Å². The maximum Gasteiger partial charge on any atom is 0.135 e. The highest BCUT2D eigenvalue weighted by Gasteiger charge is 2.14. The highest BCUT2D eigenvalue weighted by molar-refractivity contribution is 5.41. The van der Waals surface area contributed by atoms with Crippen molar-refractivity contribution >= 4 is 0 Å². The topological polar surface area (TPSA) is 59.0 Å². The number of nitrogens with two attached hydrogens (primary N) is 1.